The zero-order valence-corrected chi connectivity index (χ0v) is 17.1. The normalized spacial score (nSPS) is 10.8. The molecule has 1 heterocycles. The number of halogens is 1. The number of aliphatic imine (C=N–C) groups is 1. The molecule has 0 saturated carbocycles. The Kier molecular flexibility index (Phi) is 8.96. The number of hydrogen-bond acceptors (Lipinski definition) is 3. The van der Waals surface area contributed by atoms with Crippen molar-refractivity contribution in [1.29, 1.82) is 0 Å². The molecule has 0 aliphatic heterocycles. The Morgan fingerprint density at radius 3 is 2.68 bits per heavy atom. The summed E-state index contributed by atoms with van der Waals surface area (Å²) in [4.78, 5) is 21.9. The number of hydrogen-bond donors (Lipinski definition) is 2. The Labute approximate surface area is 165 Å². The molecular weight excluding hydrogens is 431 g/mol. The third kappa shape index (κ3) is 6.37. The molecule has 0 atom stereocenters. The monoisotopic (exact) mass is 456 g/mol. The summed E-state index contributed by atoms with van der Waals surface area (Å²) in [5.41, 5.74) is 2.12. The van der Waals surface area contributed by atoms with Crippen LogP contribution in [0.15, 0.2) is 48.0 Å². The summed E-state index contributed by atoms with van der Waals surface area (Å²) in [6, 6.07) is 8.04. The first-order valence-corrected chi connectivity index (χ1v) is 7.90. The third-order valence-electron chi connectivity index (χ3n) is 3.43. The molecule has 0 aliphatic rings. The number of carbonyl (C=O) groups is 1. The molecule has 8 heteroatoms. The van der Waals surface area contributed by atoms with Crippen LogP contribution < -0.4 is 10.6 Å². The summed E-state index contributed by atoms with van der Waals surface area (Å²) >= 11 is 0. The van der Waals surface area contributed by atoms with Crippen LogP contribution in [0.4, 0.5) is 0 Å². The second kappa shape index (κ2) is 10.7. The number of para-hydroxylation sites is 1. The summed E-state index contributed by atoms with van der Waals surface area (Å²) < 4.78 is 1.96. The van der Waals surface area contributed by atoms with Gasteiger partial charge in [0.2, 0.25) is 5.91 Å². The lowest BCUT2D eigenvalue weighted by Gasteiger charge is -2.14. The largest absolute Gasteiger partial charge is 0.357 e. The Morgan fingerprint density at radius 2 is 2.04 bits per heavy atom. The van der Waals surface area contributed by atoms with Crippen molar-refractivity contribution >= 4 is 35.8 Å². The van der Waals surface area contributed by atoms with Gasteiger partial charge in [-0.2, -0.15) is 0 Å². The standard InChI is InChI=1S/C17H24N6O.HI/c1-4-19-17(21-12-16(24)22(2)3)20-11-14-7-5-6-8-15(14)23-10-9-18-13-23;/h5-10,13H,4,11-12H2,1-3H3,(H2,19,20,21);1H. The van der Waals surface area contributed by atoms with E-state index in [1.165, 1.54) is 0 Å². The molecule has 2 aromatic rings. The molecule has 1 aromatic carbocycles. The molecule has 2 rings (SSSR count). The molecule has 0 bridgehead atoms. The Morgan fingerprint density at radius 1 is 1.28 bits per heavy atom. The SMILES string of the molecule is CCNC(=NCc1ccccc1-n1ccnc1)NCC(=O)N(C)C.I. The fourth-order valence-electron chi connectivity index (χ4n) is 2.12. The summed E-state index contributed by atoms with van der Waals surface area (Å²) in [5.74, 6) is 0.618. The Hall–Kier alpha value is -2.10. The predicted molar refractivity (Wildman–Crippen MR) is 110 cm³/mol. The topological polar surface area (TPSA) is 74.5 Å². The van der Waals surface area contributed by atoms with E-state index in [-0.39, 0.29) is 36.4 Å². The van der Waals surface area contributed by atoms with Crippen LogP contribution in [0.3, 0.4) is 0 Å². The molecule has 136 valence electrons. The highest BCUT2D eigenvalue weighted by atomic mass is 127. The number of benzene rings is 1. The minimum Gasteiger partial charge on any atom is -0.357 e. The fraction of sp³-hybridized carbons (Fsp3) is 0.353. The van der Waals surface area contributed by atoms with E-state index >= 15 is 0 Å². The van der Waals surface area contributed by atoms with Gasteiger partial charge in [0.15, 0.2) is 5.96 Å². The van der Waals surface area contributed by atoms with E-state index in [1.54, 1.807) is 31.5 Å². The van der Waals surface area contributed by atoms with E-state index in [0.29, 0.717) is 12.5 Å². The van der Waals surface area contributed by atoms with Gasteiger partial charge in [0.05, 0.1) is 25.1 Å². The maximum Gasteiger partial charge on any atom is 0.241 e. The van der Waals surface area contributed by atoms with Crippen molar-refractivity contribution in [2.24, 2.45) is 4.99 Å². The van der Waals surface area contributed by atoms with Crippen LogP contribution in [0.1, 0.15) is 12.5 Å². The second-order valence-corrected chi connectivity index (χ2v) is 5.44. The van der Waals surface area contributed by atoms with Crippen LogP contribution in [-0.2, 0) is 11.3 Å². The maximum absolute atomic E-state index is 11.7. The van der Waals surface area contributed by atoms with Gasteiger partial charge in [-0.15, -0.1) is 24.0 Å². The van der Waals surface area contributed by atoms with Gasteiger partial charge in [-0.1, -0.05) is 18.2 Å². The highest BCUT2D eigenvalue weighted by Crippen LogP contribution is 2.14. The molecule has 0 radical (unpaired) electrons. The van der Waals surface area contributed by atoms with Crippen LogP contribution in [0, 0.1) is 0 Å². The number of aromatic nitrogens is 2. The lowest BCUT2D eigenvalue weighted by molar-refractivity contribution is -0.127. The van der Waals surface area contributed by atoms with Crippen LogP contribution in [0.2, 0.25) is 0 Å². The predicted octanol–water partition coefficient (Wildman–Crippen LogP) is 1.63. The van der Waals surface area contributed by atoms with Crippen molar-refractivity contribution in [1.82, 2.24) is 25.1 Å². The molecule has 0 unspecified atom stereocenters. The minimum atomic E-state index is -0.000538. The molecule has 1 aromatic heterocycles. The zero-order chi connectivity index (χ0) is 17.4. The van der Waals surface area contributed by atoms with E-state index in [4.69, 9.17) is 0 Å². The second-order valence-electron chi connectivity index (χ2n) is 5.44. The van der Waals surface area contributed by atoms with Gasteiger partial charge < -0.3 is 20.1 Å². The Bertz CT molecular complexity index is 684. The summed E-state index contributed by atoms with van der Waals surface area (Å²) in [5, 5.41) is 6.21. The van der Waals surface area contributed by atoms with Gasteiger partial charge >= 0.3 is 0 Å². The van der Waals surface area contributed by atoms with Crippen molar-refractivity contribution < 1.29 is 4.79 Å². The molecule has 7 nitrogen and oxygen atoms in total. The highest BCUT2D eigenvalue weighted by molar-refractivity contribution is 14.0. The van der Waals surface area contributed by atoms with Crippen LogP contribution in [0.25, 0.3) is 5.69 Å². The number of rotatable bonds is 6. The van der Waals surface area contributed by atoms with Gasteiger partial charge in [0, 0.05) is 33.0 Å². The number of nitrogens with one attached hydrogen (secondary N) is 2. The molecule has 0 spiro atoms. The lowest BCUT2D eigenvalue weighted by Crippen LogP contribution is -2.42. The van der Waals surface area contributed by atoms with Crippen molar-refractivity contribution in [2.75, 3.05) is 27.2 Å². The van der Waals surface area contributed by atoms with Crippen molar-refractivity contribution in [3.63, 3.8) is 0 Å². The van der Waals surface area contributed by atoms with E-state index in [1.807, 2.05) is 42.0 Å². The number of imidazole rings is 1. The number of carbonyl (C=O) groups excluding carboxylic acids is 1. The number of nitrogens with zero attached hydrogens (tertiary/aromatic N) is 4. The van der Waals surface area contributed by atoms with Crippen molar-refractivity contribution in [2.45, 2.75) is 13.5 Å². The first kappa shape index (κ1) is 20.9. The lowest BCUT2D eigenvalue weighted by atomic mass is 10.2. The average Bonchev–Trinajstić information content (AvgIpc) is 3.11. The number of likely N-dealkylation sites (N-methyl/N-ethyl adjacent to an activating group) is 1. The Balaban J connectivity index is 0.00000312. The minimum absolute atomic E-state index is 0. The molecular formula is C17H25IN6O. The van der Waals surface area contributed by atoms with Gasteiger partial charge in [-0.25, -0.2) is 9.98 Å². The van der Waals surface area contributed by atoms with Gasteiger partial charge in [-0.05, 0) is 18.6 Å². The number of guanidine groups is 1. The van der Waals surface area contributed by atoms with Gasteiger partial charge in [0.1, 0.15) is 0 Å². The summed E-state index contributed by atoms with van der Waals surface area (Å²) in [6.07, 6.45) is 5.42. The van der Waals surface area contributed by atoms with Crippen LogP contribution in [0.5, 0.6) is 0 Å². The van der Waals surface area contributed by atoms with E-state index < -0.39 is 0 Å². The van der Waals surface area contributed by atoms with Crippen LogP contribution >= 0.6 is 24.0 Å². The van der Waals surface area contributed by atoms with Gasteiger partial charge in [0.25, 0.3) is 0 Å². The molecule has 0 aliphatic carbocycles. The molecule has 0 fully saturated rings. The molecule has 1 amide bonds. The van der Waals surface area contributed by atoms with E-state index in [2.05, 4.69) is 20.6 Å². The van der Waals surface area contributed by atoms with Gasteiger partial charge in [-0.3, -0.25) is 4.79 Å². The quantitative estimate of drug-likeness (QED) is 0.394. The fourth-order valence-corrected chi connectivity index (χ4v) is 2.12. The first-order valence-electron chi connectivity index (χ1n) is 7.90. The van der Waals surface area contributed by atoms with Crippen molar-refractivity contribution in [3.8, 4) is 5.69 Å². The zero-order valence-electron chi connectivity index (χ0n) is 14.8. The summed E-state index contributed by atoms with van der Waals surface area (Å²) in [7, 11) is 3.46. The number of amides is 1. The van der Waals surface area contributed by atoms with Crippen LogP contribution in [-0.4, -0.2) is 53.5 Å². The highest BCUT2D eigenvalue weighted by Gasteiger charge is 2.07. The third-order valence-corrected chi connectivity index (χ3v) is 3.43. The summed E-state index contributed by atoms with van der Waals surface area (Å²) in [6.45, 7) is 3.43. The molecule has 25 heavy (non-hydrogen) atoms. The van der Waals surface area contributed by atoms with Crippen molar-refractivity contribution in [3.05, 3.63) is 48.5 Å². The smallest absolute Gasteiger partial charge is 0.241 e. The van der Waals surface area contributed by atoms with E-state index in [0.717, 1.165) is 17.8 Å². The average molecular weight is 456 g/mol. The molecule has 0 saturated heterocycles. The van der Waals surface area contributed by atoms with E-state index in [9.17, 15) is 4.79 Å². The molecule has 2 N–H and O–H groups in total. The maximum atomic E-state index is 11.7. The first-order chi connectivity index (χ1) is 11.6.